The van der Waals surface area contributed by atoms with Gasteiger partial charge in [-0.2, -0.15) is 5.26 Å². The Hall–Kier alpha value is -5.97. The summed E-state index contributed by atoms with van der Waals surface area (Å²) in [7, 11) is 0. The summed E-state index contributed by atoms with van der Waals surface area (Å²) in [5.41, 5.74) is 8.02. The number of rotatable bonds is 3. The smallest absolute Gasteiger partial charge is 0.227 e. The third kappa shape index (κ3) is 3.49. The molecule has 0 bridgehead atoms. The Morgan fingerprint density at radius 3 is 2.07 bits per heavy atom. The molecule has 4 heteroatoms. The maximum atomic E-state index is 9.29. The van der Waals surface area contributed by atoms with Crippen LogP contribution in [0.3, 0.4) is 0 Å². The number of hydrogen-bond acceptors (Lipinski definition) is 3. The van der Waals surface area contributed by atoms with E-state index in [0.29, 0.717) is 17.1 Å². The first-order valence-electron chi connectivity index (χ1n) is 13.3. The molecule has 0 saturated carbocycles. The quantitative estimate of drug-likeness (QED) is 0.172. The van der Waals surface area contributed by atoms with Crippen molar-refractivity contribution in [3.05, 3.63) is 132 Å². The zero-order valence-electron chi connectivity index (χ0n) is 21.7. The third-order valence-electron chi connectivity index (χ3n) is 7.94. The molecular weight excluding hydrogens is 502 g/mol. The second-order valence-corrected chi connectivity index (χ2v) is 10.2. The average molecular weight is 522 g/mol. The average Bonchev–Trinajstić information content (AvgIpc) is 3.48. The molecule has 8 aromatic rings. The fourth-order valence-electron chi connectivity index (χ4n) is 5.99. The van der Waals surface area contributed by atoms with Gasteiger partial charge in [-0.25, -0.2) is 9.83 Å². The van der Waals surface area contributed by atoms with E-state index in [9.17, 15) is 5.26 Å². The molecule has 7 aromatic carbocycles. The normalized spacial score (nSPS) is 11.4. The lowest BCUT2D eigenvalue weighted by molar-refractivity contribution is 0.620. The molecule has 0 aliphatic heterocycles. The number of nitriles is 1. The minimum absolute atomic E-state index is 0.579. The number of para-hydroxylation sites is 2. The van der Waals surface area contributed by atoms with Gasteiger partial charge in [0.2, 0.25) is 5.89 Å². The Bertz CT molecular complexity index is 2330. The SMILES string of the molecule is [C-]#[N+]c1ccc(-c2cc(-c3nc4ccccc4o3)c3ccc4c(-c5ccc(C#N)cc5)ccc5ccc2c3c54)cc1. The Morgan fingerprint density at radius 1 is 0.659 bits per heavy atom. The first kappa shape index (κ1) is 23.0. The summed E-state index contributed by atoms with van der Waals surface area (Å²) in [6, 6.07) is 40.8. The summed E-state index contributed by atoms with van der Waals surface area (Å²) in [4.78, 5) is 8.46. The predicted octanol–water partition coefficient (Wildman–Crippen LogP) is 10.1. The van der Waals surface area contributed by atoms with Crippen molar-refractivity contribution >= 4 is 49.1 Å². The third-order valence-corrected chi connectivity index (χ3v) is 7.94. The van der Waals surface area contributed by atoms with Gasteiger partial charge in [-0.15, -0.1) is 0 Å². The van der Waals surface area contributed by atoms with Crippen LogP contribution in [0.1, 0.15) is 5.56 Å². The molecule has 188 valence electrons. The van der Waals surface area contributed by atoms with Crippen LogP contribution in [-0.2, 0) is 0 Å². The molecule has 1 aromatic heterocycles. The lowest BCUT2D eigenvalue weighted by atomic mass is 9.85. The lowest BCUT2D eigenvalue weighted by Crippen LogP contribution is -1.92. The Labute approximate surface area is 235 Å². The van der Waals surface area contributed by atoms with E-state index in [1.165, 1.54) is 5.39 Å². The van der Waals surface area contributed by atoms with Crippen LogP contribution in [0.15, 0.2) is 120 Å². The van der Waals surface area contributed by atoms with Crippen molar-refractivity contribution in [2.24, 2.45) is 0 Å². The van der Waals surface area contributed by atoms with Crippen molar-refractivity contribution in [3.8, 4) is 39.8 Å². The summed E-state index contributed by atoms with van der Waals surface area (Å²) in [6.45, 7) is 7.39. The summed E-state index contributed by atoms with van der Waals surface area (Å²) in [6.07, 6.45) is 0. The number of aromatic nitrogens is 1. The summed E-state index contributed by atoms with van der Waals surface area (Å²) < 4.78 is 6.31. The largest absolute Gasteiger partial charge is 0.436 e. The standard InChI is InChI=1S/C37H19N3O/c1-39-26-14-10-24(11-15-26)31-20-32(37-40-33-4-2-3-5-34(33)41-37)30-19-18-28-27(23-8-6-22(21-38)7-9-23)16-12-25-13-17-29(31)36(30)35(25)28/h2-20H. The van der Waals surface area contributed by atoms with Crippen molar-refractivity contribution in [1.29, 1.82) is 5.26 Å². The van der Waals surface area contributed by atoms with Crippen LogP contribution in [-0.4, -0.2) is 4.98 Å². The molecule has 0 radical (unpaired) electrons. The molecule has 0 atom stereocenters. The van der Waals surface area contributed by atoms with Crippen LogP contribution in [0.2, 0.25) is 0 Å². The Kier molecular flexibility index (Phi) is 4.92. The van der Waals surface area contributed by atoms with Crippen molar-refractivity contribution in [2.45, 2.75) is 0 Å². The van der Waals surface area contributed by atoms with Gasteiger partial charge in [-0.05, 0) is 84.9 Å². The van der Waals surface area contributed by atoms with E-state index < -0.39 is 0 Å². The van der Waals surface area contributed by atoms with Crippen molar-refractivity contribution in [3.63, 3.8) is 0 Å². The topological polar surface area (TPSA) is 54.2 Å². The molecular formula is C37H19N3O. The molecule has 0 unspecified atom stereocenters. The van der Waals surface area contributed by atoms with Gasteiger partial charge in [0.15, 0.2) is 11.3 Å². The molecule has 0 saturated heterocycles. The van der Waals surface area contributed by atoms with Crippen LogP contribution < -0.4 is 0 Å². The number of hydrogen-bond donors (Lipinski definition) is 0. The molecule has 0 amide bonds. The summed E-state index contributed by atoms with van der Waals surface area (Å²) in [5.74, 6) is 0.579. The van der Waals surface area contributed by atoms with Gasteiger partial charge in [-0.1, -0.05) is 84.9 Å². The molecule has 0 aliphatic carbocycles. The number of fused-ring (bicyclic) bond motifs is 1. The molecule has 0 aliphatic rings. The molecule has 0 fully saturated rings. The molecule has 8 rings (SSSR count). The van der Waals surface area contributed by atoms with Gasteiger partial charge in [0, 0.05) is 5.56 Å². The van der Waals surface area contributed by atoms with Crippen LogP contribution in [0.25, 0.3) is 82.0 Å². The zero-order chi connectivity index (χ0) is 27.5. The van der Waals surface area contributed by atoms with Gasteiger partial charge in [0.05, 0.1) is 18.2 Å². The van der Waals surface area contributed by atoms with Crippen molar-refractivity contribution in [2.75, 3.05) is 0 Å². The van der Waals surface area contributed by atoms with E-state index in [1.54, 1.807) is 0 Å². The Balaban J connectivity index is 1.49. The van der Waals surface area contributed by atoms with Gasteiger partial charge in [0.1, 0.15) is 5.52 Å². The van der Waals surface area contributed by atoms with Crippen LogP contribution >= 0.6 is 0 Å². The van der Waals surface area contributed by atoms with E-state index >= 15 is 0 Å². The second kappa shape index (κ2) is 8.78. The molecule has 1 heterocycles. The van der Waals surface area contributed by atoms with Gasteiger partial charge in [0.25, 0.3) is 0 Å². The van der Waals surface area contributed by atoms with E-state index in [2.05, 4.69) is 53.4 Å². The summed E-state index contributed by atoms with van der Waals surface area (Å²) >= 11 is 0. The molecule has 41 heavy (non-hydrogen) atoms. The van der Waals surface area contributed by atoms with E-state index in [4.69, 9.17) is 16.0 Å². The number of oxazole rings is 1. The monoisotopic (exact) mass is 521 g/mol. The highest BCUT2D eigenvalue weighted by Crippen LogP contribution is 2.46. The maximum Gasteiger partial charge on any atom is 0.227 e. The second-order valence-electron chi connectivity index (χ2n) is 10.2. The fourth-order valence-corrected chi connectivity index (χ4v) is 5.99. The molecule has 0 spiro atoms. The highest BCUT2D eigenvalue weighted by atomic mass is 16.3. The van der Waals surface area contributed by atoms with E-state index in [-0.39, 0.29) is 0 Å². The van der Waals surface area contributed by atoms with Crippen LogP contribution in [0.4, 0.5) is 5.69 Å². The van der Waals surface area contributed by atoms with Gasteiger partial charge < -0.3 is 4.42 Å². The van der Waals surface area contributed by atoms with Crippen LogP contribution in [0, 0.1) is 17.9 Å². The molecule has 4 nitrogen and oxygen atoms in total. The fraction of sp³-hybridized carbons (Fsp3) is 0. The predicted molar refractivity (Wildman–Crippen MR) is 165 cm³/mol. The Morgan fingerprint density at radius 2 is 1.32 bits per heavy atom. The summed E-state index contributed by atoms with van der Waals surface area (Å²) in [5, 5.41) is 16.1. The lowest BCUT2D eigenvalue weighted by Gasteiger charge is -2.18. The van der Waals surface area contributed by atoms with Gasteiger partial charge >= 0.3 is 0 Å². The first-order chi connectivity index (χ1) is 20.2. The number of benzene rings is 7. The van der Waals surface area contributed by atoms with Crippen molar-refractivity contribution in [1.82, 2.24) is 4.98 Å². The minimum atomic E-state index is 0.579. The highest BCUT2D eigenvalue weighted by Gasteiger charge is 2.20. The minimum Gasteiger partial charge on any atom is -0.436 e. The first-order valence-corrected chi connectivity index (χ1v) is 13.3. The van der Waals surface area contributed by atoms with Crippen LogP contribution in [0.5, 0.6) is 0 Å². The molecule has 0 N–H and O–H groups in total. The van der Waals surface area contributed by atoms with E-state index in [1.807, 2.05) is 72.8 Å². The highest BCUT2D eigenvalue weighted by molar-refractivity contribution is 6.29. The van der Waals surface area contributed by atoms with Gasteiger partial charge in [-0.3, -0.25) is 0 Å². The maximum absolute atomic E-state index is 9.29. The number of nitrogens with zero attached hydrogens (tertiary/aromatic N) is 3. The van der Waals surface area contributed by atoms with Crippen molar-refractivity contribution < 1.29 is 4.42 Å². The zero-order valence-corrected chi connectivity index (χ0v) is 21.7. The van der Waals surface area contributed by atoms with E-state index in [0.717, 1.165) is 65.8 Å².